The molecule has 3 saturated heterocycles. The Balaban J connectivity index is 0.974. The fourth-order valence-electron chi connectivity index (χ4n) is 9.18. The number of carbonyl (C=O) groups is 3. The molecule has 344 valence electrons. The van der Waals surface area contributed by atoms with E-state index in [1.807, 2.05) is 18.2 Å². The summed E-state index contributed by atoms with van der Waals surface area (Å²) in [5, 5.41) is 85.0. The van der Waals surface area contributed by atoms with Gasteiger partial charge in [-0.2, -0.15) is 0 Å². The number of hydrogen-bond donors (Lipinski definition) is 8. The molecule has 0 radical (unpaired) electrons. The third-order valence-corrected chi connectivity index (χ3v) is 12.5. The zero-order valence-corrected chi connectivity index (χ0v) is 33.7. The average molecular weight is 891 g/mol. The van der Waals surface area contributed by atoms with Crippen LogP contribution in [0.4, 0.5) is 0 Å². The van der Waals surface area contributed by atoms with Crippen molar-refractivity contribution in [3.8, 4) is 0 Å². The Morgan fingerprint density at radius 2 is 1.54 bits per heavy atom. The molecule has 7 aliphatic rings. The fraction of sp³-hybridized carbons (Fsp3) is 0.595. The summed E-state index contributed by atoms with van der Waals surface area (Å²) >= 11 is 0. The minimum Gasteiger partial charge on any atom is -0.472 e. The maximum absolute atomic E-state index is 14.0. The first kappa shape index (κ1) is 45.2. The first-order valence-electron chi connectivity index (χ1n) is 20.5. The second-order valence-electron chi connectivity index (χ2n) is 16.3. The SMILES string of the molecule is CC(=O)OCC1=C2[C@H](O[C@@H]3O[C@H](CO)[C@@H](O)[C@H](O)[C@H]3O)OC=C(C(=O)O[C@@H]3[C@@H](O)[C@H](O[C@@H]4OC=C[C@@H]5[C@H](O)[C@@H]6O[C@]6(COC(=O)/C=C/c6ccccc6)[C@@H]45)O[C@H](CO)[C@H]3O)[C@H]2CC1. The predicted molar refractivity (Wildman–Crippen MR) is 204 cm³/mol. The van der Waals surface area contributed by atoms with Crippen LogP contribution in [0.25, 0.3) is 6.08 Å². The first-order chi connectivity index (χ1) is 30.3. The molecule has 0 amide bonds. The van der Waals surface area contributed by atoms with Crippen molar-refractivity contribution in [2.75, 3.05) is 26.4 Å². The topological polar surface area (TPSA) is 309 Å². The quantitative estimate of drug-likeness (QED) is 0.0316. The highest BCUT2D eigenvalue weighted by Gasteiger charge is 2.76. The smallest absolute Gasteiger partial charge is 0.338 e. The fourth-order valence-corrected chi connectivity index (χ4v) is 9.18. The number of fused-ring (bicyclic) bond motifs is 4. The van der Waals surface area contributed by atoms with E-state index in [2.05, 4.69) is 0 Å². The lowest BCUT2D eigenvalue weighted by molar-refractivity contribution is -0.345. The molecule has 21 heteroatoms. The Kier molecular flexibility index (Phi) is 13.4. The minimum absolute atomic E-state index is 0.115. The summed E-state index contributed by atoms with van der Waals surface area (Å²) in [5.74, 6) is -4.61. The summed E-state index contributed by atoms with van der Waals surface area (Å²) < 4.78 is 57.3. The number of ether oxygens (including phenoxy) is 10. The van der Waals surface area contributed by atoms with Crippen LogP contribution in [-0.4, -0.2) is 177 Å². The Morgan fingerprint density at radius 1 is 0.825 bits per heavy atom. The molecule has 0 bridgehead atoms. The largest absolute Gasteiger partial charge is 0.472 e. The number of aliphatic hydroxyl groups is 8. The van der Waals surface area contributed by atoms with E-state index in [4.69, 9.17) is 47.4 Å². The van der Waals surface area contributed by atoms with Gasteiger partial charge in [0.05, 0.1) is 43.3 Å². The molecule has 1 aromatic carbocycles. The maximum atomic E-state index is 14.0. The van der Waals surface area contributed by atoms with Crippen LogP contribution in [0, 0.1) is 17.8 Å². The van der Waals surface area contributed by atoms with Crippen molar-refractivity contribution >= 4 is 24.0 Å². The molecule has 1 aromatic rings. The molecule has 4 fully saturated rings. The van der Waals surface area contributed by atoms with Gasteiger partial charge in [-0.3, -0.25) is 4.79 Å². The molecule has 63 heavy (non-hydrogen) atoms. The van der Waals surface area contributed by atoms with Crippen LogP contribution >= 0.6 is 0 Å². The molecular weight excluding hydrogens is 840 g/mol. The zero-order valence-electron chi connectivity index (χ0n) is 33.7. The summed E-state index contributed by atoms with van der Waals surface area (Å²) in [6.45, 7) is -0.849. The molecular formula is C42H50O21. The van der Waals surface area contributed by atoms with Gasteiger partial charge in [0.1, 0.15) is 67.6 Å². The minimum atomic E-state index is -1.91. The average Bonchev–Trinajstić information content (AvgIpc) is 3.77. The highest BCUT2D eigenvalue weighted by molar-refractivity contribution is 5.90. The van der Waals surface area contributed by atoms with Gasteiger partial charge in [0.2, 0.25) is 12.6 Å². The first-order valence-corrected chi connectivity index (χ1v) is 20.5. The van der Waals surface area contributed by atoms with Crippen molar-refractivity contribution in [3.63, 3.8) is 0 Å². The Bertz CT molecular complexity index is 1970. The van der Waals surface area contributed by atoms with E-state index in [1.54, 1.807) is 24.3 Å². The van der Waals surface area contributed by atoms with Gasteiger partial charge in [0.25, 0.3) is 0 Å². The number of esters is 3. The van der Waals surface area contributed by atoms with E-state index in [-0.39, 0.29) is 37.2 Å². The number of epoxide rings is 1. The monoisotopic (exact) mass is 890 g/mol. The molecule has 1 saturated carbocycles. The van der Waals surface area contributed by atoms with Crippen molar-refractivity contribution in [3.05, 3.63) is 77.3 Å². The molecule has 5 aliphatic heterocycles. The second-order valence-corrected chi connectivity index (χ2v) is 16.3. The van der Waals surface area contributed by atoms with Crippen LogP contribution < -0.4 is 0 Å². The molecule has 18 atom stereocenters. The number of rotatable bonds is 14. The van der Waals surface area contributed by atoms with Gasteiger partial charge in [-0.25, -0.2) is 9.59 Å². The third-order valence-electron chi connectivity index (χ3n) is 12.5. The standard InChI is InChI=1S/C42H50O21/c1-18(45)55-15-20-8-9-21-23(16-56-38(27(20)21)61-40-33(51)32(50)30(48)24(13-43)58-40)37(53)60-35-31(49)25(14-44)59-41(34(35)52)62-39-28-22(11-12-54-39)29(47)36-42(28,63-36)17-57-26(46)10-7-19-5-3-2-4-6-19/h2-7,10-12,16,21-22,24-25,28-36,38-41,43-44,47-52H,8-9,13-15,17H2,1H3/b10-7+/t21-,22+,24-,25-,28-,29+,30-,31-,32+,33-,34-,35+,36+,38+,39+,40+,41+,42-/m1/s1. The molecule has 0 aromatic heterocycles. The molecule has 0 spiro atoms. The van der Waals surface area contributed by atoms with Crippen molar-refractivity contribution in [2.24, 2.45) is 17.8 Å². The van der Waals surface area contributed by atoms with Crippen LogP contribution in [-0.2, 0) is 61.8 Å². The van der Waals surface area contributed by atoms with Crippen LogP contribution in [0.3, 0.4) is 0 Å². The van der Waals surface area contributed by atoms with Crippen molar-refractivity contribution < 1.29 is 103 Å². The number of hydrogen-bond acceptors (Lipinski definition) is 21. The Labute approximate surface area is 359 Å². The normalized spacial score (nSPS) is 41.4. The summed E-state index contributed by atoms with van der Waals surface area (Å²) in [6.07, 6.45) is -14.1. The van der Waals surface area contributed by atoms with Gasteiger partial charge in [-0.1, -0.05) is 30.3 Å². The molecule has 8 rings (SSSR count). The Hall–Kier alpha value is -4.33. The van der Waals surface area contributed by atoms with Gasteiger partial charge >= 0.3 is 17.9 Å². The summed E-state index contributed by atoms with van der Waals surface area (Å²) in [5.41, 5.74) is 0.172. The van der Waals surface area contributed by atoms with E-state index in [9.17, 15) is 55.2 Å². The zero-order chi connectivity index (χ0) is 44.7. The van der Waals surface area contributed by atoms with E-state index in [0.29, 0.717) is 5.57 Å². The molecule has 2 aliphatic carbocycles. The molecule has 21 nitrogen and oxygen atoms in total. The van der Waals surface area contributed by atoms with E-state index < -0.39 is 141 Å². The number of carbonyl (C=O) groups excluding carboxylic acids is 3. The van der Waals surface area contributed by atoms with Crippen LogP contribution in [0.15, 0.2) is 71.7 Å². The number of benzene rings is 1. The molecule has 5 heterocycles. The van der Waals surface area contributed by atoms with E-state index >= 15 is 0 Å². The predicted octanol–water partition coefficient (Wildman–Crippen LogP) is -2.45. The molecule has 0 unspecified atom stereocenters. The van der Waals surface area contributed by atoms with Gasteiger partial charge < -0.3 is 88.2 Å². The summed E-state index contributed by atoms with van der Waals surface area (Å²) in [7, 11) is 0. The van der Waals surface area contributed by atoms with Crippen LogP contribution in [0.5, 0.6) is 0 Å². The van der Waals surface area contributed by atoms with Gasteiger partial charge in [-0.05, 0) is 36.1 Å². The van der Waals surface area contributed by atoms with Gasteiger partial charge in [0, 0.05) is 30.4 Å². The summed E-state index contributed by atoms with van der Waals surface area (Å²) in [4.78, 5) is 38.5. The van der Waals surface area contributed by atoms with Crippen LogP contribution in [0.1, 0.15) is 25.3 Å². The maximum Gasteiger partial charge on any atom is 0.338 e. The van der Waals surface area contributed by atoms with Gasteiger partial charge in [-0.15, -0.1) is 0 Å². The lowest BCUT2D eigenvalue weighted by Crippen LogP contribution is -2.62. The Morgan fingerprint density at radius 3 is 2.25 bits per heavy atom. The van der Waals surface area contributed by atoms with E-state index in [1.165, 1.54) is 19.3 Å². The van der Waals surface area contributed by atoms with Crippen molar-refractivity contribution in [2.45, 2.75) is 112 Å². The highest BCUT2D eigenvalue weighted by Crippen LogP contribution is 2.60. The number of aliphatic hydroxyl groups excluding tert-OH is 8. The van der Waals surface area contributed by atoms with Crippen LogP contribution in [0.2, 0.25) is 0 Å². The highest BCUT2D eigenvalue weighted by atomic mass is 16.8. The lowest BCUT2D eigenvalue weighted by Gasteiger charge is -2.44. The molecule has 8 N–H and O–H groups in total. The van der Waals surface area contributed by atoms with Crippen molar-refractivity contribution in [1.82, 2.24) is 0 Å². The third kappa shape index (κ3) is 8.78. The van der Waals surface area contributed by atoms with Crippen molar-refractivity contribution in [1.29, 1.82) is 0 Å². The second kappa shape index (κ2) is 18.6. The van der Waals surface area contributed by atoms with E-state index in [0.717, 1.165) is 11.8 Å². The van der Waals surface area contributed by atoms with Gasteiger partial charge in [0.15, 0.2) is 18.7 Å². The lowest BCUT2D eigenvalue weighted by atomic mass is 9.85. The summed E-state index contributed by atoms with van der Waals surface area (Å²) in [6, 6.07) is 9.08.